The third-order valence-corrected chi connectivity index (χ3v) is 5.87. The zero-order chi connectivity index (χ0) is 18.1. The van der Waals surface area contributed by atoms with E-state index in [0.717, 1.165) is 53.3 Å². The maximum Gasteiger partial charge on any atom is 0.178 e. The summed E-state index contributed by atoms with van der Waals surface area (Å²) in [5, 5.41) is 6.26. The summed E-state index contributed by atoms with van der Waals surface area (Å²) >= 11 is 1.65. The molecule has 0 amide bonds. The van der Waals surface area contributed by atoms with Gasteiger partial charge in [-0.05, 0) is 35.6 Å². The van der Waals surface area contributed by atoms with Gasteiger partial charge in [0.1, 0.15) is 22.2 Å². The normalized spacial score (nSPS) is 16.9. The van der Waals surface area contributed by atoms with Crippen molar-refractivity contribution in [2.24, 2.45) is 0 Å². The Kier molecular flexibility index (Phi) is 5.67. The van der Waals surface area contributed by atoms with Gasteiger partial charge in [0, 0.05) is 25.2 Å². The number of hydrogen-bond acceptors (Lipinski definition) is 5. The Balaban J connectivity index is 0.00000192. The number of fused-ring (bicyclic) bond motifs is 1. The Hall–Kier alpha value is -2.34. The molecule has 0 bridgehead atoms. The van der Waals surface area contributed by atoms with Gasteiger partial charge < -0.3 is 9.26 Å². The van der Waals surface area contributed by atoms with E-state index in [2.05, 4.69) is 52.5 Å². The molecule has 0 saturated carbocycles. The molecule has 1 atom stereocenters. The van der Waals surface area contributed by atoms with Crippen LogP contribution in [0.25, 0.3) is 21.5 Å². The second kappa shape index (κ2) is 8.35. The molecule has 0 spiro atoms. The molecule has 1 fully saturated rings. The second-order valence-corrected chi connectivity index (χ2v) is 7.84. The van der Waals surface area contributed by atoms with Crippen molar-refractivity contribution in [2.75, 3.05) is 13.1 Å². The van der Waals surface area contributed by atoms with Crippen LogP contribution in [0, 0.1) is 0 Å². The molecule has 1 saturated heterocycles. The summed E-state index contributed by atoms with van der Waals surface area (Å²) in [5.41, 5.74) is 4.12. The van der Waals surface area contributed by atoms with Crippen molar-refractivity contribution in [2.45, 2.75) is 19.1 Å². The fourth-order valence-electron chi connectivity index (χ4n) is 3.65. The highest BCUT2D eigenvalue weighted by atomic mass is 35.5. The number of hydrogen-bond donors (Lipinski definition) is 0. The van der Waals surface area contributed by atoms with E-state index in [0.29, 0.717) is 0 Å². The predicted molar refractivity (Wildman–Crippen MR) is 115 cm³/mol. The van der Waals surface area contributed by atoms with E-state index in [9.17, 15) is 0 Å². The number of ether oxygens (including phenoxy) is 1. The molecule has 0 aliphatic carbocycles. The SMILES string of the molecule is Cl.c1ccc(CN2CC[C@@H](Oc3cccc(-c4noc5ccsc45)c3)C2)cc1. The summed E-state index contributed by atoms with van der Waals surface area (Å²) in [7, 11) is 0. The van der Waals surface area contributed by atoms with E-state index >= 15 is 0 Å². The quantitative estimate of drug-likeness (QED) is 0.425. The zero-order valence-electron chi connectivity index (χ0n) is 15.3. The third-order valence-electron chi connectivity index (χ3n) is 4.97. The molecule has 0 unspecified atom stereocenters. The highest BCUT2D eigenvalue weighted by Gasteiger charge is 2.24. The van der Waals surface area contributed by atoms with Gasteiger partial charge in [-0.15, -0.1) is 23.7 Å². The lowest BCUT2D eigenvalue weighted by Gasteiger charge is -2.17. The molecule has 0 N–H and O–H groups in total. The smallest absolute Gasteiger partial charge is 0.178 e. The predicted octanol–water partition coefficient (Wildman–Crippen LogP) is 5.63. The number of likely N-dealkylation sites (tertiary alicyclic amines) is 1. The van der Waals surface area contributed by atoms with Crippen LogP contribution in [0.5, 0.6) is 5.75 Å². The van der Waals surface area contributed by atoms with Crippen LogP contribution in [0.2, 0.25) is 0 Å². The van der Waals surface area contributed by atoms with Crippen molar-refractivity contribution < 1.29 is 9.26 Å². The average Bonchev–Trinajstić information content (AvgIpc) is 3.40. The van der Waals surface area contributed by atoms with Gasteiger partial charge in [-0.2, -0.15) is 0 Å². The Bertz CT molecular complexity index is 1050. The molecule has 6 heteroatoms. The topological polar surface area (TPSA) is 38.5 Å². The Labute approximate surface area is 174 Å². The van der Waals surface area contributed by atoms with Crippen molar-refractivity contribution in [1.29, 1.82) is 0 Å². The fraction of sp³-hybridized carbons (Fsp3) is 0.227. The lowest BCUT2D eigenvalue weighted by molar-refractivity contribution is 0.198. The number of benzene rings is 2. The van der Waals surface area contributed by atoms with Crippen LogP contribution in [-0.4, -0.2) is 29.3 Å². The second-order valence-electron chi connectivity index (χ2n) is 6.92. The van der Waals surface area contributed by atoms with E-state index in [4.69, 9.17) is 9.26 Å². The number of rotatable bonds is 5. The maximum atomic E-state index is 6.28. The van der Waals surface area contributed by atoms with E-state index in [1.807, 2.05) is 23.6 Å². The monoisotopic (exact) mass is 412 g/mol. The minimum atomic E-state index is 0. The van der Waals surface area contributed by atoms with Gasteiger partial charge >= 0.3 is 0 Å². The number of halogens is 1. The van der Waals surface area contributed by atoms with Crippen LogP contribution in [-0.2, 0) is 6.54 Å². The van der Waals surface area contributed by atoms with Crippen molar-refractivity contribution >= 4 is 34.0 Å². The minimum Gasteiger partial charge on any atom is -0.489 e. The first kappa shape index (κ1) is 19.0. The Morgan fingerprint density at radius 2 is 2.00 bits per heavy atom. The van der Waals surface area contributed by atoms with Crippen molar-refractivity contribution in [1.82, 2.24) is 10.1 Å². The fourth-order valence-corrected chi connectivity index (χ4v) is 4.47. The standard InChI is InChI=1S/C22H20N2O2S.ClH/c1-2-5-16(6-3-1)14-24-11-9-19(15-24)25-18-8-4-7-17(13-18)21-22-20(26-23-21)10-12-27-22;/h1-8,10,12-13,19H,9,11,14-15H2;1H/t19-;/m1./s1. The van der Waals surface area contributed by atoms with E-state index in [1.54, 1.807) is 11.3 Å². The third kappa shape index (κ3) is 3.92. The summed E-state index contributed by atoms with van der Waals surface area (Å²) < 4.78 is 12.8. The lowest BCUT2D eigenvalue weighted by atomic mass is 10.1. The van der Waals surface area contributed by atoms with Crippen LogP contribution in [0.3, 0.4) is 0 Å². The van der Waals surface area contributed by atoms with Crippen molar-refractivity contribution in [3.63, 3.8) is 0 Å². The number of nitrogens with zero attached hydrogens (tertiary/aromatic N) is 2. The molecule has 0 radical (unpaired) electrons. The first-order valence-electron chi connectivity index (χ1n) is 9.21. The van der Waals surface area contributed by atoms with Gasteiger partial charge in [0.25, 0.3) is 0 Å². The molecule has 1 aliphatic heterocycles. The van der Waals surface area contributed by atoms with Crippen molar-refractivity contribution in [3.8, 4) is 17.0 Å². The van der Waals surface area contributed by atoms with Crippen LogP contribution in [0.15, 0.2) is 70.6 Å². The molecule has 3 heterocycles. The Morgan fingerprint density at radius 3 is 2.89 bits per heavy atom. The zero-order valence-corrected chi connectivity index (χ0v) is 16.9. The molecule has 4 aromatic rings. The maximum absolute atomic E-state index is 6.28. The molecule has 5 rings (SSSR count). The van der Waals surface area contributed by atoms with Gasteiger partial charge in [0.2, 0.25) is 0 Å². The lowest BCUT2D eigenvalue weighted by Crippen LogP contribution is -2.24. The molecule has 2 aromatic heterocycles. The van der Waals surface area contributed by atoms with Gasteiger partial charge in [-0.3, -0.25) is 4.90 Å². The van der Waals surface area contributed by atoms with E-state index in [-0.39, 0.29) is 18.5 Å². The highest BCUT2D eigenvalue weighted by molar-refractivity contribution is 7.17. The summed E-state index contributed by atoms with van der Waals surface area (Å²) in [6, 6.07) is 20.7. The molecule has 2 aromatic carbocycles. The summed E-state index contributed by atoms with van der Waals surface area (Å²) in [6.45, 7) is 3.01. The van der Waals surface area contributed by atoms with Gasteiger partial charge in [0.15, 0.2) is 5.58 Å². The number of aromatic nitrogens is 1. The summed E-state index contributed by atoms with van der Waals surface area (Å²) in [6.07, 6.45) is 1.28. The largest absolute Gasteiger partial charge is 0.489 e. The minimum absolute atomic E-state index is 0. The van der Waals surface area contributed by atoms with Gasteiger partial charge in [0.05, 0.1) is 0 Å². The molecule has 1 aliphatic rings. The molecule has 4 nitrogen and oxygen atoms in total. The average molecular weight is 413 g/mol. The van der Waals surface area contributed by atoms with Gasteiger partial charge in [-0.25, -0.2) is 0 Å². The van der Waals surface area contributed by atoms with Gasteiger partial charge in [-0.1, -0.05) is 47.6 Å². The summed E-state index contributed by atoms with van der Waals surface area (Å²) in [5.74, 6) is 0.895. The highest BCUT2D eigenvalue weighted by Crippen LogP contribution is 2.33. The molecular formula is C22H21ClN2O2S. The Morgan fingerprint density at radius 1 is 1.11 bits per heavy atom. The number of thiophene rings is 1. The first-order chi connectivity index (χ1) is 13.3. The summed E-state index contributed by atoms with van der Waals surface area (Å²) in [4.78, 5) is 2.46. The van der Waals surface area contributed by atoms with Crippen LogP contribution in [0.4, 0.5) is 0 Å². The van der Waals surface area contributed by atoms with E-state index < -0.39 is 0 Å². The molecule has 28 heavy (non-hydrogen) atoms. The van der Waals surface area contributed by atoms with Crippen LogP contribution in [0.1, 0.15) is 12.0 Å². The molecular weight excluding hydrogens is 392 g/mol. The van der Waals surface area contributed by atoms with Crippen LogP contribution < -0.4 is 4.74 Å². The van der Waals surface area contributed by atoms with E-state index in [1.165, 1.54) is 5.56 Å². The molecule has 144 valence electrons. The van der Waals surface area contributed by atoms with Crippen LogP contribution >= 0.6 is 23.7 Å². The first-order valence-corrected chi connectivity index (χ1v) is 10.1. The van der Waals surface area contributed by atoms with Crippen molar-refractivity contribution in [3.05, 3.63) is 71.6 Å².